The van der Waals surface area contributed by atoms with Gasteiger partial charge in [-0.2, -0.15) is 5.26 Å². The molecule has 1 aliphatic rings. The molecule has 5 aromatic rings. The minimum absolute atomic E-state index is 0.137. The van der Waals surface area contributed by atoms with E-state index < -0.39 is 70.4 Å². The zero-order valence-corrected chi connectivity index (χ0v) is 25.3. The van der Waals surface area contributed by atoms with Crippen molar-refractivity contribution in [2.24, 2.45) is 5.41 Å². The van der Waals surface area contributed by atoms with Gasteiger partial charge in [0, 0.05) is 23.0 Å². The number of fused-ring (bicyclic) bond motifs is 1. The molecular weight excluding hydrogens is 642 g/mol. The predicted octanol–water partition coefficient (Wildman–Crippen LogP) is 7.27. The molecule has 0 radical (unpaired) electrons. The van der Waals surface area contributed by atoms with E-state index in [0.717, 1.165) is 36.4 Å². The molecule has 0 amide bonds. The number of carboxylic acids is 1. The number of pyridine rings is 1. The molecule has 1 fully saturated rings. The molecule has 2 aromatic heterocycles. The summed E-state index contributed by atoms with van der Waals surface area (Å²) in [7, 11) is 0. The van der Waals surface area contributed by atoms with Gasteiger partial charge in [0.1, 0.15) is 47.3 Å². The number of nitriles is 1. The van der Waals surface area contributed by atoms with Crippen molar-refractivity contribution >= 4 is 17.0 Å². The fourth-order valence-electron chi connectivity index (χ4n) is 5.67. The number of hydrogen-bond donors (Lipinski definition) is 1. The molecule has 48 heavy (non-hydrogen) atoms. The van der Waals surface area contributed by atoms with Crippen molar-refractivity contribution in [2.45, 2.75) is 32.9 Å². The Bertz CT molecular complexity index is 2160. The Morgan fingerprint density at radius 2 is 1.69 bits per heavy atom. The number of aromatic carboxylic acids is 1. The summed E-state index contributed by atoms with van der Waals surface area (Å²) in [6.45, 7) is 3.65. The quantitative estimate of drug-likeness (QED) is 0.174. The zero-order valence-electron chi connectivity index (χ0n) is 25.3. The Labute approximate surface area is 268 Å². The standard InChI is InChI=1S/C34H24F6N4O4/c1-34(2)15-47-14-29(34)44-28-9-17(33(45)46)6-26(40)31(28)43-30(44)10-16-5-25(39)20(11-24(16)38)27-4-3-21(35)32(42-27)48-13-19-8-22(36)18(12-41)7-23(19)37/h3-9,11,29H,10,13-15H2,1-2H3,(H,45,46)/t29-/m1/s1. The third-order valence-corrected chi connectivity index (χ3v) is 8.23. The molecule has 0 aliphatic carbocycles. The van der Waals surface area contributed by atoms with Gasteiger partial charge < -0.3 is 19.1 Å². The first-order valence-corrected chi connectivity index (χ1v) is 14.4. The summed E-state index contributed by atoms with van der Waals surface area (Å²) < 4.78 is 102. The molecule has 0 saturated carbocycles. The Kier molecular flexibility index (Phi) is 8.34. The van der Waals surface area contributed by atoms with E-state index in [1.807, 2.05) is 13.8 Å². The lowest BCUT2D eigenvalue weighted by molar-refractivity contribution is 0.0696. The fourth-order valence-corrected chi connectivity index (χ4v) is 5.67. The van der Waals surface area contributed by atoms with E-state index in [9.17, 15) is 23.1 Å². The van der Waals surface area contributed by atoms with Gasteiger partial charge in [0.2, 0.25) is 0 Å². The van der Waals surface area contributed by atoms with Crippen LogP contribution in [-0.2, 0) is 17.8 Å². The van der Waals surface area contributed by atoms with Gasteiger partial charge in [-0.1, -0.05) is 13.8 Å². The minimum atomic E-state index is -1.35. The lowest BCUT2D eigenvalue weighted by Gasteiger charge is -2.28. The van der Waals surface area contributed by atoms with Gasteiger partial charge >= 0.3 is 5.97 Å². The SMILES string of the molecule is CC1(C)COC[C@H]1n1c(Cc2cc(F)c(-c3ccc(F)c(OCc4cc(F)c(C#N)cc4F)n3)cc2F)nc2c(F)cc(C(=O)O)cc21. The highest BCUT2D eigenvalue weighted by Gasteiger charge is 2.39. The number of ether oxygens (including phenoxy) is 2. The van der Waals surface area contributed by atoms with Crippen molar-refractivity contribution in [3.8, 4) is 23.2 Å². The average Bonchev–Trinajstić information content (AvgIpc) is 3.57. The highest BCUT2D eigenvalue weighted by molar-refractivity contribution is 5.93. The van der Waals surface area contributed by atoms with Gasteiger partial charge in [-0.05, 0) is 54.1 Å². The fraction of sp³-hybridized carbons (Fsp3) is 0.235. The van der Waals surface area contributed by atoms with Crippen molar-refractivity contribution in [2.75, 3.05) is 13.2 Å². The molecule has 14 heteroatoms. The first-order chi connectivity index (χ1) is 22.8. The van der Waals surface area contributed by atoms with E-state index in [1.165, 1.54) is 12.1 Å². The number of hydrogen-bond acceptors (Lipinski definition) is 6. The summed E-state index contributed by atoms with van der Waals surface area (Å²) in [6.07, 6.45) is -0.315. The number of rotatable bonds is 8. The van der Waals surface area contributed by atoms with Crippen LogP contribution in [0, 0.1) is 51.6 Å². The third kappa shape index (κ3) is 5.93. The summed E-state index contributed by atoms with van der Waals surface area (Å²) in [5.41, 5.74) is -2.42. The maximum atomic E-state index is 15.6. The molecule has 3 heterocycles. The number of imidazole rings is 1. The molecule has 0 unspecified atom stereocenters. The maximum Gasteiger partial charge on any atom is 0.335 e. The number of carbonyl (C=O) groups is 1. The van der Waals surface area contributed by atoms with Crippen molar-refractivity contribution in [1.29, 1.82) is 5.26 Å². The molecule has 0 bridgehead atoms. The van der Waals surface area contributed by atoms with E-state index in [-0.39, 0.29) is 57.8 Å². The highest BCUT2D eigenvalue weighted by Crippen LogP contribution is 2.41. The zero-order chi connectivity index (χ0) is 34.5. The molecule has 1 saturated heterocycles. The predicted molar refractivity (Wildman–Crippen MR) is 158 cm³/mol. The normalized spacial score (nSPS) is 15.5. The van der Waals surface area contributed by atoms with Crippen LogP contribution in [0.1, 0.15) is 52.8 Å². The van der Waals surface area contributed by atoms with E-state index >= 15 is 13.2 Å². The maximum absolute atomic E-state index is 15.6. The van der Waals surface area contributed by atoms with Crippen molar-refractivity contribution in [3.63, 3.8) is 0 Å². The van der Waals surface area contributed by atoms with Gasteiger partial charge in [0.15, 0.2) is 11.6 Å². The number of aromatic nitrogens is 3. The lowest BCUT2D eigenvalue weighted by Crippen LogP contribution is -2.27. The molecule has 1 atom stereocenters. The van der Waals surface area contributed by atoms with Gasteiger partial charge in [0.25, 0.3) is 5.88 Å². The van der Waals surface area contributed by atoms with Gasteiger partial charge in [-0.25, -0.2) is 41.1 Å². The number of carboxylic acid groups (broad SMARTS) is 1. The van der Waals surface area contributed by atoms with Crippen LogP contribution in [0.4, 0.5) is 26.3 Å². The molecule has 1 N–H and O–H groups in total. The second-order valence-electron chi connectivity index (χ2n) is 12.0. The largest absolute Gasteiger partial charge is 0.478 e. The Morgan fingerprint density at radius 3 is 2.38 bits per heavy atom. The van der Waals surface area contributed by atoms with Crippen LogP contribution < -0.4 is 4.74 Å². The van der Waals surface area contributed by atoms with Crippen LogP contribution in [0.3, 0.4) is 0 Å². The Morgan fingerprint density at radius 1 is 0.958 bits per heavy atom. The summed E-state index contributed by atoms with van der Waals surface area (Å²) >= 11 is 0. The van der Waals surface area contributed by atoms with E-state index in [0.29, 0.717) is 12.7 Å². The van der Waals surface area contributed by atoms with E-state index in [4.69, 9.17) is 14.7 Å². The molecule has 0 spiro atoms. The molecule has 3 aromatic carbocycles. The average molecular weight is 667 g/mol. The van der Waals surface area contributed by atoms with Crippen molar-refractivity contribution in [3.05, 3.63) is 112 Å². The van der Waals surface area contributed by atoms with Crippen molar-refractivity contribution in [1.82, 2.24) is 14.5 Å². The van der Waals surface area contributed by atoms with Crippen LogP contribution in [0.25, 0.3) is 22.3 Å². The van der Waals surface area contributed by atoms with Gasteiger partial charge in [0.05, 0.1) is 41.6 Å². The molecule has 6 rings (SSSR count). The topological polar surface area (TPSA) is 110 Å². The second kappa shape index (κ2) is 12.3. The van der Waals surface area contributed by atoms with Crippen LogP contribution in [0.15, 0.2) is 48.5 Å². The first-order valence-electron chi connectivity index (χ1n) is 14.4. The van der Waals surface area contributed by atoms with E-state index in [1.54, 1.807) is 4.57 Å². The number of nitrogens with zero attached hydrogens (tertiary/aromatic N) is 4. The van der Waals surface area contributed by atoms with Gasteiger partial charge in [-0.15, -0.1) is 0 Å². The second-order valence-corrected chi connectivity index (χ2v) is 12.0. The summed E-state index contributed by atoms with van der Waals surface area (Å²) in [5.74, 6) is -7.65. The Hall–Kier alpha value is -5.42. The van der Waals surface area contributed by atoms with E-state index in [2.05, 4.69) is 9.97 Å². The molecule has 246 valence electrons. The minimum Gasteiger partial charge on any atom is -0.478 e. The lowest BCUT2D eigenvalue weighted by atomic mass is 9.87. The number of benzene rings is 3. The molecular formula is C34H24F6N4O4. The van der Waals surface area contributed by atoms with Crippen LogP contribution in [-0.4, -0.2) is 38.8 Å². The smallest absolute Gasteiger partial charge is 0.335 e. The third-order valence-electron chi connectivity index (χ3n) is 8.23. The number of halogens is 6. The molecule has 1 aliphatic heterocycles. The monoisotopic (exact) mass is 666 g/mol. The summed E-state index contributed by atoms with van der Waals surface area (Å²) in [4.78, 5) is 20.0. The highest BCUT2D eigenvalue weighted by atomic mass is 19.1. The van der Waals surface area contributed by atoms with Crippen LogP contribution in [0.5, 0.6) is 5.88 Å². The molecule has 8 nitrogen and oxygen atoms in total. The van der Waals surface area contributed by atoms with Crippen LogP contribution >= 0.6 is 0 Å². The van der Waals surface area contributed by atoms with Crippen molar-refractivity contribution < 1.29 is 45.7 Å². The summed E-state index contributed by atoms with van der Waals surface area (Å²) in [6, 6.07) is 8.23. The summed E-state index contributed by atoms with van der Waals surface area (Å²) in [5, 5.41) is 18.4. The van der Waals surface area contributed by atoms with Gasteiger partial charge in [-0.3, -0.25) is 0 Å². The van der Waals surface area contributed by atoms with Crippen LogP contribution in [0.2, 0.25) is 0 Å². The first kappa shape index (κ1) is 32.5. The Balaban J connectivity index is 1.34.